The molecule has 3 saturated carbocycles. The van der Waals surface area contributed by atoms with Crippen LogP contribution in [0, 0.1) is 23.7 Å². The van der Waals surface area contributed by atoms with Crippen molar-refractivity contribution < 1.29 is 5.11 Å². The minimum absolute atomic E-state index is 0.0937. The lowest BCUT2D eigenvalue weighted by atomic mass is 9.85. The largest absolute Gasteiger partial charge is 0.393 e. The van der Waals surface area contributed by atoms with Crippen LogP contribution < -0.4 is 0 Å². The summed E-state index contributed by atoms with van der Waals surface area (Å²) in [5.41, 5.74) is 0. The molecule has 0 aromatic heterocycles. The van der Waals surface area contributed by atoms with Crippen molar-refractivity contribution in [2.75, 3.05) is 0 Å². The van der Waals surface area contributed by atoms with Crippen molar-refractivity contribution in [2.45, 2.75) is 31.8 Å². The SMILES string of the molecule is OC1C[C@H]2C[C@@H]3CCC2[C@H]13. The first-order chi connectivity index (χ1) is 4.86. The van der Waals surface area contributed by atoms with E-state index in [0.717, 1.165) is 30.1 Å². The summed E-state index contributed by atoms with van der Waals surface area (Å²) in [6, 6.07) is 0. The van der Waals surface area contributed by atoms with Crippen LogP contribution in [-0.2, 0) is 0 Å². The first kappa shape index (κ1) is 5.59. The molecule has 3 rings (SSSR count). The normalized spacial score (nSPS) is 63.9. The molecule has 0 spiro atoms. The molecule has 56 valence electrons. The zero-order valence-corrected chi connectivity index (χ0v) is 6.16. The molecule has 3 aliphatic rings. The molecule has 1 N–H and O–H groups in total. The van der Waals surface area contributed by atoms with Gasteiger partial charge in [0.1, 0.15) is 0 Å². The van der Waals surface area contributed by atoms with Gasteiger partial charge >= 0.3 is 0 Å². The van der Waals surface area contributed by atoms with Gasteiger partial charge in [-0.05, 0) is 49.4 Å². The number of aliphatic hydroxyl groups is 1. The Kier molecular flexibility index (Phi) is 0.883. The van der Waals surface area contributed by atoms with Crippen LogP contribution >= 0.6 is 0 Å². The maximum Gasteiger partial charge on any atom is 0.0576 e. The van der Waals surface area contributed by atoms with Gasteiger partial charge in [0.2, 0.25) is 0 Å². The third kappa shape index (κ3) is 0.460. The van der Waals surface area contributed by atoms with E-state index in [2.05, 4.69) is 0 Å². The first-order valence-electron chi connectivity index (χ1n) is 4.54. The molecule has 5 atom stereocenters. The van der Waals surface area contributed by atoms with Crippen LogP contribution in [0.4, 0.5) is 0 Å². The highest BCUT2D eigenvalue weighted by molar-refractivity contribution is 5.05. The first-order valence-corrected chi connectivity index (χ1v) is 4.54. The van der Waals surface area contributed by atoms with Crippen molar-refractivity contribution in [3.63, 3.8) is 0 Å². The molecule has 3 fully saturated rings. The Labute approximate surface area is 61.4 Å². The molecule has 0 heterocycles. The zero-order valence-electron chi connectivity index (χ0n) is 6.16. The van der Waals surface area contributed by atoms with Gasteiger partial charge in [0, 0.05) is 0 Å². The van der Waals surface area contributed by atoms with Gasteiger partial charge in [0.25, 0.3) is 0 Å². The molecule has 3 aliphatic carbocycles. The Morgan fingerprint density at radius 2 is 1.90 bits per heavy atom. The molecule has 0 amide bonds. The molecule has 4 bridgehead atoms. The van der Waals surface area contributed by atoms with E-state index in [1.165, 1.54) is 19.3 Å². The lowest BCUT2D eigenvalue weighted by Crippen LogP contribution is -2.22. The fourth-order valence-electron chi connectivity index (χ4n) is 3.87. The summed E-state index contributed by atoms with van der Waals surface area (Å²) in [6.07, 6.45) is 5.52. The van der Waals surface area contributed by atoms with Gasteiger partial charge in [-0.1, -0.05) is 0 Å². The Morgan fingerprint density at radius 1 is 1.00 bits per heavy atom. The molecule has 0 saturated heterocycles. The Balaban J connectivity index is 1.99. The standard InChI is InChI=1S/C9H14O/c10-8-4-6-3-5-1-2-7(6)9(5)8/h5-10H,1-4H2/t5-,6+,7?,8?,9+/m0/s1. The van der Waals surface area contributed by atoms with E-state index in [-0.39, 0.29) is 6.10 Å². The minimum Gasteiger partial charge on any atom is -0.393 e. The fraction of sp³-hybridized carbons (Fsp3) is 1.00. The predicted molar refractivity (Wildman–Crippen MR) is 38.4 cm³/mol. The summed E-state index contributed by atoms with van der Waals surface area (Å²) in [5.74, 6) is 3.54. The van der Waals surface area contributed by atoms with E-state index in [1.807, 2.05) is 0 Å². The summed E-state index contributed by atoms with van der Waals surface area (Å²) in [4.78, 5) is 0. The number of rotatable bonds is 0. The Bertz CT molecular complexity index is 164. The summed E-state index contributed by atoms with van der Waals surface area (Å²) < 4.78 is 0. The van der Waals surface area contributed by atoms with Crippen LogP contribution in [0.2, 0.25) is 0 Å². The van der Waals surface area contributed by atoms with E-state index in [1.54, 1.807) is 0 Å². The second kappa shape index (κ2) is 1.58. The van der Waals surface area contributed by atoms with E-state index < -0.39 is 0 Å². The number of hydrogen-bond acceptors (Lipinski definition) is 1. The molecule has 1 nitrogen and oxygen atoms in total. The average Bonchev–Trinajstić information content (AvgIpc) is 2.49. The van der Waals surface area contributed by atoms with Gasteiger partial charge in [0.15, 0.2) is 0 Å². The van der Waals surface area contributed by atoms with Crippen molar-refractivity contribution in [3.05, 3.63) is 0 Å². The van der Waals surface area contributed by atoms with Crippen LogP contribution in [0.5, 0.6) is 0 Å². The monoisotopic (exact) mass is 138 g/mol. The smallest absolute Gasteiger partial charge is 0.0576 e. The maximum atomic E-state index is 9.60. The maximum absolute atomic E-state index is 9.60. The highest BCUT2D eigenvalue weighted by atomic mass is 16.3. The fourth-order valence-corrected chi connectivity index (χ4v) is 3.87. The van der Waals surface area contributed by atoms with Crippen molar-refractivity contribution in [3.8, 4) is 0 Å². The topological polar surface area (TPSA) is 20.2 Å². The zero-order chi connectivity index (χ0) is 6.72. The summed E-state index contributed by atoms with van der Waals surface area (Å²) in [6.45, 7) is 0. The highest BCUT2D eigenvalue weighted by Crippen LogP contribution is 2.60. The van der Waals surface area contributed by atoms with Crippen molar-refractivity contribution in [1.82, 2.24) is 0 Å². The Morgan fingerprint density at radius 3 is 2.50 bits per heavy atom. The van der Waals surface area contributed by atoms with Crippen LogP contribution in [-0.4, -0.2) is 11.2 Å². The van der Waals surface area contributed by atoms with Gasteiger partial charge in [-0.2, -0.15) is 0 Å². The summed E-state index contributed by atoms with van der Waals surface area (Å²) >= 11 is 0. The van der Waals surface area contributed by atoms with Gasteiger partial charge in [0.05, 0.1) is 6.10 Å². The second-order valence-corrected chi connectivity index (χ2v) is 4.38. The minimum atomic E-state index is 0.0937. The number of hydrogen-bond donors (Lipinski definition) is 1. The third-order valence-electron chi connectivity index (χ3n) is 4.11. The second-order valence-electron chi connectivity index (χ2n) is 4.38. The molecule has 0 aliphatic heterocycles. The van der Waals surface area contributed by atoms with Gasteiger partial charge in [-0.15, -0.1) is 0 Å². The number of aliphatic hydroxyl groups excluding tert-OH is 1. The van der Waals surface area contributed by atoms with Gasteiger partial charge in [-0.3, -0.25) is 0 Å². The summed E-state index contributed by atoms with van der Waals surface area (Å²) in [5, 5.41) is 9.60. The van der Waals surface area contributed by atoms with Crippen LogP contribution in [0.25, 0.3) is 0 Å². The quantitative estimate of drug-likeness (QED) is 0.536. The highest BCUT2D eigenvalue weighted by Gasteiger charge is 2.56. The lowest BCUT2D eigenvalue weighted by Gasteiger charge is -2.23. The molecule has 0 aromatic rings. The molecular formula is C9H14O. The predicted octanol–water partition coefficient (Wildman–Crippen LogP) is 1.41. The summed E-state index contributed by atoms with van der Waals surface area (Å²) in [7, 11) is 0. The van der Waals surface area contributed by atoms with Crippen LogP contribution in [0.3, 0.4) is 0 Å². The molecule has 10 heavy (non-hydrogen) atoms. The van der Waals surface area contributed by atoms with E-state index in [4.69, 9.17) is 0 Å². The molecule has 1 heteroatoms. The molecule has 2 unspecified atom stereocenters. The third-order valence-corrected chi connectivity index (χ3v) is 4.11. The van der Waals surface area contributed by atoms with E-state index in [0.29, 0.717) is 0 Å². The van der Waals surface area contributed by atoms with Crippen LogP contribution in [0.15, 0.2) is 0 Å². The molecule has 0 radical (unpaired) electrons. The van der Waals surface area contributed by atoms with Crippen molar-refractivity contribution >= 4 is 0 Å². The van der Waals surface area contributed by atoms with Gasteiger partial charge < -0.3 is 5.11 Å². The average molecular weight is 138 g/mol. The van der Waals surface area contributed by atoms with Gasteiger partial charge in [-0.25, -0.2) is 0 Å². The molecular weight excluding hydrogens is 124 g/mol. The molecule has 0 aromatic carbocycles. The van der Waals surface area contributed by atoms with Crippen molar-refractivity contribution in [2.24, 2.45) is 23.7 Å². The Hall–Kier alpha value is -0.0400. The van der Waals surface area contributed by atoms with E-state index >= 15 is 0 Å². The lowest BCUT2D eigenvalue weighted by molar-refractivity contribution is 0.0856. The van der Waals surface area contributed by atoms with Crippen LogP contribution in [0.1, 0.15) is 25.7 Å². The van der Waals surface area contributed by atoms with Crippen molar-refractivity contribution in [1.29, 1.82) is 0 Å². The van der Waals surface area contributed by atoms with E-state index in [9.17, 15) is 5.11 Å².